The Balaban J connectivity index is 2.62. The second-order valence-corrected chi connectivity index (χ2v) is 5.61. The van der Waals surface area contributed by atoms with Gasteiger partial charge < -0.3 is 11.1 Å². The zero-order valence-electron chi connectivity index (χ0n) is 10.0. The predicted octanol–water partition coefficient (Wildman–Crippen LogP) is -0.174. The number of hydrogen-bond donors (Lipinski definition) is 3. The number of nitrogens with one attached hydrogen (secondary N) is 2. The topological polar surface area (TPSA) is 101 Å². The molecule has 0 aliphatic rings. The first-order chi connectivity index (χ1) is 8.70. The van der Waals surface area contributed by atoms with Crippen LogP contribution in [0.2, 0.25) is 0 Å². The number of carbonyl (C=O) groups excluding carboxylic acids is 1. The largest absolute Gasteiger partial charge is 0.398 e. The monoisotopic (exact) mass is 293 g/mol. The summed E-state index contributed by atoms with van der Waals surface area (Å²) in [7, 11) is -3.34. The first-order valence-corrected chi connectivity index (χ1v) is 7.07. The molecule has 6 nitrogen and oxygen atoms in total. The van der Waals surface area contributed by atoms with E-state index in [0.29, 0.717) is 12.1 Å². The molecule has 1 aromatic rings. The number of anilines is 1. The third kappa shape index (κ3) is 4.79. The van der Waals surface area contributed by atoms with Crippen LogP contribution in [0.3, 0.4) is 0 Å². The molecule has 1 aromatic carbocycles. The van der Waals surface area contributed by atoms with Crippen LogP contribution < -0.4 is 15.8 Å². The Labute approximate surface area is 109 Å². The molecule has 0 fully saturated rings. The van der Waals surface area contributed by atoms with E-state index < -0.39 is 27.6 Å². The highest BCUT2D eigenvalue weighted by atomic mass is 32.2. The molecule has 0 bridgehead atoms. The van der Waals surface area contributed by atoms with Gasteiger partial charge in [0.15, 0.2) is 11.6 Å². The number of rotatable bonds is 5. The lowest BCUT2D eigenvalue weighted by Crippen LogP contribution is -2.34. The number of benzene rings is 1. The zero-order chi connectivity index (χ0) is 14.6. The summed E-state index contributed by atoms with van der Waals surface area (Å²) in [5, 5.41) is 2.32. The van der Waals surface area contributed by atoms with Gasteiger partial charge in [0.1, 0.15) is 0 Å². The molecular weight excluding hydrogens is 280 g/mol. The molecule has 0 unspecified atom stereocenters. The molecule has 0 aromatic heterocycles. The molecule has 4 N–H and O–H groups in total. The van der Waals surface area contributed by atoms with Crippen LogP contribution in [-0.4, -0.2) is 33.7 Å². The van der Waals surface area contributed by atoms with E-state index in [1.54, 1.807) is 0 Å². The number of amides is 1. The van der Waals surface area contributed by atoms with Crippen molar-refractivity contribution in [1.29, 1.82) is 0 Å². The van der Waals surface area contributed by atoms with E-state index in [4.69, 9.17) is 5.73 Å². The summed E-state index contributed by atoms with van der Waals surface area (Å²) < 4.78 is 49.4. The Morgan fingerprint density at radius 1 is 1.26 bits per heavy atom. The maximum atomic E-state index is 13.0. The lowest BCUT2D eigenvalue weighted by Gasteiger charge is -2.08. The molecule has 0 aliphatic carbocycles. The molecule has 1 amide bonds. The number of nitrogens with two attached hydrogens (primary N) is 1. The molecule has 0 aliphatic heterocycles. The minimum Gasteiger partial charge on any atom is -0.398 e. The van der Waals surface area contributed by atoms with Gasteiger partial charge in [0.05, 0.1) is 11.8 Å². The van der Waals surface area contributed by atoms with Crippen molar-refractivity contribution < 1.29 is 22.0 Å². The standard InChI is InChI=1S/C10H13F2N3O3S/c1-19(17,18)15-3-2-14-10(16)6-4-7(11)8(12)5-9(6)13/h4-5,15H,2-3,13H2,1H3,(H,14,16). The summed E-state index contributed by atoms with van der Waals surface area (Å²) >= 11 is 0. The van der Waals surface area contributed by atoms with Gasteiger partial charge in [-0.05, 0) is 6.07 Å². The van der Waals surface area contributed by atoms with E-state index in [9.17, 15) is 22.0 Å². The minimum absolute atomic E-state index is 0.00958. The van der Waals surface area contributed by atoms with E-state index in [1.165, 1.54) is 0 Å². The van der Waals surface area contributed by atoms with Gasteiger partial charge in [-0.2, -0.15) is 0 Å². The Kier molecular flexibility index (Phi) is 4.78. The first-order valence-electron chi connectivity index (χ1n) is 5.18. The van der Waals surface area contributed by atoms with Crippen LogP contribution in [0.1, 0.15) is 10.4 Å². The molecular formula is C10H13F2N3O3S. The highest BCUT2D eigenvalue weighted by Crippen LogP contribution is 2.16. The number of nitrogen functional groups attached to an aromatic ring is 1. The Morgan fingerprint density at radius 2 is 1.84 bits per heavy atom. The number of sulfonamides is 1. The summed E-state index contributed by atoms with van der Waals surface area (Å²) in [6, 6.07) is 1.39. The Morgan fingerprint density at radius 3 is 2.42 bits per heavy atom. The van der Waals surface area contributed by atoms with Crippen molar-refractivity contribution in [3.63, 3.8) is 0 Å². The molecule has 0 saturated heterocycles. The summed E-state index contributed by atoms with van der Waals surface area (Å²) in [5.41, 5.74) is 4.97. The van der Waals surface area contributed by atoms with Gasteiger partial charge >= 0.3 is 0 Å². The van der Waals surface area contributed by atoms with E-state index in [-0.39, 0.29) is 24.3 Å². The smallest absolute Gasteiger partial charge is 0.253 e. The van der Waals surface area contributed by atoms with Crippen LogP contribution in [0.4, 0.5) is 14.5 Å². The Hall–Kier alpha value is -1.74. The van der Waals surface area contributed by atoms with E-state index in [2.05, 4.69) is 10.0 Å². The summed E-state index contributed by atoms with van der Waals surface area (Å²) in [6.45, 7) is -0.0293. The first kappa shape index (κ1) is 15.3. The second kappa shape index (κ2) is 5.93. The van der Waals surface area contributed by atoms with Crippen molar-refractivity contribution in [1.82, 2.24) is 10.0 Å². The van der Waals surface area contributed by atoms with Crippen LogP contribution >= 0.6 is 0 Å². The van der Waals surface area contributed by atoms with Crippen molar-refractivity contribution in [3.8, 4) is 0 Å². The number of hydrogen-bond acceptors (Lipinski definition) is 4. The lowest BCUT2D eigenvalue weighted by molar-refractivity contribution is 0.0954. The quantitative estimate of drug-likeness (QED) is 0.518. The van der Waals surface area contributed by atoms with Gasteiger partial charge in [0.2, 0.25) is 10.0 Å². The van der Waals surface area contributed by atoms with Gasteiger partial charge in [0, 0.05) is 24.8 Å². The third-order valence-corrected chi connectivity index (χ3v) is 2.84. The van der Waals surface area contributed by atoms with Gasteiger partial charge in [-0.25, -0.2) is 21.9 Å². The van der Waals surface area contributed by atoms with Crippen LogP contribution in [0.15, 0.2) is 12.1 Å². The van der Waals surface area contributed by atoms with Gasteiger partial charge in [0.25, 0.3) is 5.91 Å². The second-order valence-electron chi connectivity index (χ2n) is 3.78. The third-order valence-electron chi connectivity index (χ3n) is 2.11. The number of carbonyl (C=O) groups is 1. The molecule has 0 radical (unpaired) electrons. The fourth-order valence-electron chi connectivity index (χ4n) is 1.27. The SMILES string of the molecule is CS(=O)(=O)NCCNC(=O)c1cc(F)c(F)cc1N. The fraction of sp³-hybridized carbons (Fsp3) is 0.300. The van der Waals surface area contributed by atoms with E-state index >= 15 is 0 Å². The van der Waals surface area contributed by atoms with Gasteiger partial charge in [-0.1, -0.05) is 0 Å². The zero-order valence-corrected chi connectivity index (χ0v) is 10.9. The molecule has 0 spiro atoms. The normalized spacial score (nSPS) is 11.3. The molecule has 1 rings (SSSR count). The molecule has 0 saturated carbocycles. The summed E-state index contributed by atoms with van der Waals surface area (Å²) in [6.07, 6.45) is 0.974. The van der Waals surface area contributed by atoms with Crippen LogP contribution in [0.5, 0.6) is 0 Å². The average molecular weight is 293 g/mol. The highest BCUT2D eigenvalue weighted by Gasteiger charge is 2.14. The van der Waals surface area contributed by atoms with Crippen molar-refractivity contribution in [2.45, 2.75) is 0 Å². The fourth-order valence-corrected chi connectivity index (χ4v) is 1.74. The summed E-state index contributed by atoms with van der Waals surface area (Å²) in [4.78, 5) is 11.6. The molecule has 19 heavy (non-hydrogen) atoms. The summed E-state index contributed by atoms with van der Waals surface area (Å²) in [5.74, 6) is -3.05. The molecule has 0 atom stereocenters. The maximum absolute atomic E-state index is 13.0. The lowest BCUT2D eigenvalue weighted by atomic mass is 10.1. The number of halogens is 2. The molecule has 106 valence electrons. The van der Waals surface area contributed by atoms with Crippen molar-refractivity contribution in [3.05, 3.63) is 29.3 Å². The average Bonchev–Trinajstić information content (AvgIpc) is 2.28. The minimum atomic E-state index is -3.34. The van der Waals surface area contributed by atoms with Crippen LogP contribution in [0.25, 0.3) is 0 Å². The Bertz CT molecular complexity index is 590. The van der Waals surface area contributed by atoms with Crippen molar-refractivity contribution >= 4 is 21.6 Å². The predicted molar refractivity (Wildman–Crippen MR) is 66.0 cm³/mol. The van der Waals surface area contributed by atoms with Gasteiger partial charge in [-0.15, -0.1) is 0 Å². The van der Waals surface area contributed by atoms with Crippen molar-refractivity contribution in [2.24, 2.45) is 0 Å². The van der Waals surface area contributed by atoms with E-state index in [0.717, 1.165) is 6.26 Å². The van der Waals surface area contributed by atoms with Gasteiger partial charge in [-0.3, -0.25) is 4.79 Å². The maximum Gasteiger partial charge on any atom is 0.253 e. The van der Waals surface area contributed by atoms with Crippen molar-refractivity contribution in [2.75, 3.05) is 25.1 Å². The van der Waals surface area contributed by atoms with Crippen LogP contribution in [0, 0.1) is 11.6 Å². The molecule has 0 heterocycles. The molecule has 9 heteroatoms. The van der Waals surface area contributed by atoms with E-state index in [1.807, 2.05) is 0 Å². The highest BCUT2D eigenvalue weighted by molar-refractivity contribution is 7.88. The van der Waals surface area contributed by atoms with Crippen LogP contribution in [-0.2, 0) is 10.0 Å².